The van der Waals surface area contributed by atoms with Gasteiger partial charge in [-0.25, -0.2) is 4.79 Å². The first kappa shape index (κ1) is 45.0. The molecule has 6 rings (SSSR count). The first-order valence-corrected chi connectivity index (χ1v) is 21.0. The van der Waals surface area contributed by atoms with Crippen LogP contribution in [0.5, 0.6) is 0 Å². The minimum Gasteiger partial charge on any atom is -0.449 e. The van der Waals surface area contributed by atoms with Gasteiger partial charge in [-0.1, -0.05) is 61.0 Å². The molecule has 16 nitrogen and oxygen atoms in total. The number of hydrogen-bond acceptors (Lipinski definition) is 12. The average molecular weight is 843 g/mol. The van der Waals surface area contributed by atoms with E-state index in [-0.39, 0.29) is 54.5 Å². The van der Waals surface area contributed by atoms with Crippen molar-refractivity contribution in [2.75, 3.05) is 84.5 Å². The molecule has 61 heavy (non-hydrogen) atoms. The van der Waals surface area contributed by atoms with Crippen molar-refractivity contribution in [1.82, 2.24) is 15.5 Å². The maximum Gasteiger partial charge on any atom is 0.407 e. The van der Waals surface area contributed by atoms with Crippen molar-refractivity contribution in [2.24, 2.45) is 0 Å². The van der Waals surface area contributed by atoms with Gasteiger partial charge in [-0.15, -0.1) is 0 Å². The van der Waals surface area contributed by atoms with E-state index in [9.17, 15) is 28.8 Å². The summed E-state index contributed by atoms with van der Waals surface area (Å²) in [7, 11) is 0. The molecule has 2 aliphatic heterocycles. The van der Waals surface area contributed by atoms with Crippen molar-refractivity contribution in [1.29, 1.82) is 0 Å². The third-order valence-electron chi connectivity index (χ3n) is 10.5. The SMILES string of the molecule is O=C1CCC(N2C(=O)c3cccc(NC(=O)CCCCCOCCOCCOCCOCCOCCCNC(=O)OCC4c5ccccc5-c5ccccc54)c3C2=O)C(=O)N1. The maximum atomic E-state index is 13.2. The number of anilines is 1. The van der Waals surface area contributed by atoms with Crippen LogP contribution in [0.1, 0.15) is 82.7 Å². The van der Waals surface area contributed by atoms with Gasteiger partial charge in [0.05, 0.1) is 69.7 Å². The number of imide groups is 2. The molecule has 1 atom stereocenters. The normalized spacial score (nSPS) is 15.7. The number of alkyl carbamates (subject to hydrolysis) is 1. The lowest BCUT2D eigenvalue weighted by atomic mass is 9.98. The Morgan fingerprint density at radius 2 is 1.21 bits per heavy atom. The van der Waals surface area contributed by atoms with Crippen molar-refractivity contribution < 1.29 is 57.2 Å². The summed E-state index contributed by atoms with van der Waals surface area (Å²) >= 11 is 0. The van der Waals surface area contributed by atoms with Crippen molar-refractivity contribution in [2.45, 2.75) is 56.9 Å². The number of nitrogens with one attached hydrogen (secondary N) is 3. The molecule has 3 aromatic rings. The number of hydrogen-bond donors (Lipinski definition) is 3. The Balaban J connectivity index is 0.683. The topological polar surface area (TPSA) is 197 Å². The van der Waals surface area contributed by atoms with E-state index in [4.69, 9.17) is 28.4 Å². The largest absolute Gasteiger partial charge is 0.449 e. The number of amides is 6. The minimum atomic E-state index is -1.08. The van der Waals surface area contributed by atoms with Crippen LogP contribution in [0, 0.1) is 0 Å². The molecule has 0 bridgehead atoms. The molecule has 0 aromatic heterocycles. The molecular weight excluding hydrogens is 789 g/mol. The monoisotopic (exact) mass is 842 g/mol. The highest BCUT2D eigenvalue weighted by Gasteiger charge is 2.45. The summed E-state index contributed by atoms with van der Waals surface area (Å²) in [5.74, 6) is -2.70. The molecule has 326 valence electrons. The zero-order chi connectivity index (χ0) is 42.8. The number of ether oxygens (including phenoxy) is 6. The van der Waals surface area contributed by atoms with Crippen molar-refractivity contribution in [3.8, 4) is 11.1 Å². The van der Waals surface area contributed by atoms with Gasteiger partial charge in [-0.05, 0) is 60.1 Å². The maximum absolute atomic E-state index is 13.2. The van der Waals surface area contributed by atoms with Gasteiger partial charge in [0.2, 0.25) is 17.7 Å². The number of nitrogens with zero attached hydrogens (tertiary/aromatic N) is 1. The molecule has 2 heterocycles. The molecule has 0 spiro atoms. The fourth-order valence-corrected chi connectivity index (χ4v) is 7.49. The van der Waals surface area contributed by atoms with Crippen LogP contribution in [0.2, 0.25) is 0 Å². The number of unbranched alkanes of at least 4 members (excludes halogenated alkanes) is 2. The summed E-state index contributed by atoms with van der Waals surface area (Å²) < 4.78 is 33.3. The number of benzene rings is 3. The number of rotatable bonds is 26. The Kier molecular flexibility index (Phi) is 17.3. The number of piperidine rings is 1. The molecule has 1 saturated heterocycles. The summed E-state index contributed by atoms with van der Waals surface area (Å²) in [6, 6.07) is 20.0. The van der Waals surface area contributed by atoms with Crippen LogP contribution >= 0.6 is 0 Å². The van der Waals surface area contributed by atoms with Crippen LogP contribution < -0.4 is 16.0 Å². The van der Waals surface area contributed by atoms with Crippen LogP contribution in [-0.4, -0.2) is 126 Å². The van der Waals surface area contributed by atoms with Crippen LogP contribution in [0.3, 0.4) is 0 Å². The summed E-state index contributed by atoms with van der Waals surface area (Å²) in [5, 5.41) is 7.70. The van der Waals surface area contributed by atoms with Crippen LogP contribution in [0.4, 0.5) is 10.5 Å². The molecule has 16 heteroatoms. The van der Waals surface area contributed by atoms with Gasteiger partial charge in [-0.2, -0.15) is 0 Å². The Morgan fingerprint density at radius 1 is 0.639 bits per heavy atom. The second-order valence-electron chi connectivity index (χ2n) is 14.7. The summed E-state index contributed by atoms with van der Waals surface area (Å²) in [5.41, 5.74) is 5.12. The molecule has 1 fully saturated rings. The van der Waals surface area contributed by atoms with E-state index in [1.54, 1.807) is 12.1 Å². The third kappa shape index (κ3) is 12.5. The predicted octanol–water partition coefficient (Wildman–Crippen LogP) is 4.60. The Bertz CT molecular complexity index is 1960. The fraction of sp³-hybridized carbons (Fsp3) is 0.467. The lowest BCUT2D eigenvalue weighted by molar-refractivity contribution is -0.136. The minimum absolute atomic E-state index is 0.0259. The lowest BCUT2D eigenvalue weighted by Crippen LogP contribution is -2.54. The molecule has 3 aliphatic rings. The zero-order valence-electron chi connectivity index (χ0n) is 34.3. The molecule has 1 aliphatic carbocycles. The highest BCUT2D eigenvalue weighted by atomic mass is 16.6. The standard InChI is InChI=1S/C45H54N4O12/c50-39(47-37-15-8-14-35-41(37)44(54)49(43(35)53)38-17-18-40(51)48-42(38)52)16-2-1-7-20-56-22-24-58-26-28-60-29-27-59-25-23-57-21-9-19-46-45(55)61-30-36-33-12-5-3-10-31(33)32-11-4-6-13-34(32)36/h3-6,8,10-15,36,38H,1-2,7,9,16-30H2,(H,46,55)(H,47,50)(H,48,51,52). The van der Waals surface area contributed by atoms with E-state index in [0.29, 0.717) is 85.5 Å². The van der Waals surface area contributed by atoms with Crippen LogP contribution in [-0.2, 0) is 42.8 Å². The quantitative estimate of drug-likeness (QED) is 0.0752. The molecule has 0 radical (unpaired) electrons. The Hall–Kier alpha value is -5.52. The molecule has 1 unspecified atom stereocenters. The van der Waals surface area contributed by atoms with Gasteiger partial charge in [-0.3, -0.25) is 34.2 Å². The average Bonchev–Trinajstić information content (AvgIpc) is 3.72. The van der Waals surface area contributed by atoms with Gasteiger partial charge >= 0.3 is 6.09 Å². The molecule has 0 saturated carbocycles. The van der Waals surface area contributed by atoms with E-state index in [1.165, 1.54) is 28.3 Å². The van der Waals surface area contributed by atoms with E-state index >= 15 is 0 Å². The second kappa shape index (κ2) is 23.5. The van der Waals surface area contributed by atoms with Crippen molar-refractivity contribution in [3.05, 3.63) is 89.0 Å². The number of carbonyl (C=O) groups is 6. The highest BCUT2D eigenvalue weighted by Crippen LogP contribution is 2.44. The third-order valence-corrected chi connectivity index (χ3v) is 10.5. The first-order chi connectivity index (χ1) is 29.8. The summed E-state index contributed by atoms with van der Waals surface area (Å²) in [4.78, 5) is 75.9. The second-order valence-corrected chi connectivity index (χ2v) is 14.7. The Labute approximate surface area is 354 Å². The van der Waals surface area contributed by atoms with Gasteiger partial charge in [0.15, 0.2) is 0 Å². The van der Waals surface area contributed by atoms with Crippen molar-refractivity contribution >= 4 is 41.3 Å². The molecule has 3 N–H and O–H groups in total. The number of carbonyl (C=O) groups excluding carboxylic acids is 6. The molecule has 3 aromatic carbocycles. The first-order valence-electron chi connectivity index (χ1n) is 21.0. The fourth-order valence-electron chi connectivity index (χ4n) is 7.49. The highest BCUT2D eigenvalue weighted by molar-refractivity contribution is 6.26. The van der Waals surface area contributed by atoms with E-state index in [0.717, 1.165) is 17.7 Å². The summed E-state index contributed by atoms with van der Waals surface area (Å²) in [6.45, 7) is 5.29. The van der Waals surface area contributed by atoms with Gasteiger partial charge in [0, 0.05) is 38.5 Å². The Morgan fingerprint density at radius 3 is 1.84 bits per heavy atom. The van der Waals surface area contributed by atoms with Gasteiger partial charge in [0.1, 0.15) is 12.6 Å². The van der Waals surface area contributed by atoms with Gasteiger partial charge < -0.3 is 39.1 Å². The summed E-state index contributed by atoms with van der Waals surface area (Å²) in [6.07, 6.45) is 2.65. The lowest BCUT2D eigenvalue weighted by Gasteiger charge is -2.27. The van der Waals surface area contributed by atoms with E-state index in [2.05, 4.69) is 40.2 Å². The van der Waals surface area contributed by atoms with Gasteiger partial charge in [0.25, 0.3) is 11.8 Å². The van der Waals surface area contributed by atoms with Crippen LogP contribution in [0.25, 0.3) is 11.1 Å². The van der Waals surface area contributed by atoms with E-state index < -0.39 is 35.8 Å². The van der Waals surface area contributed by atoms with Crippen molar-refractivity contribution in [3.63, 3.8) is 0 Å². The van der Waals surface area contributed by atoms with E-state index in [1.807, 2.05) is 24.3 Å². The predicted molar refractivity (Wildman–Crippen MR) is 222 cm³/mol. The molecular formula is C45H54N4O12. The molecule has 6 amide bonds. The zero-order valence-corrected chi connectivity index (χ0v) is 34.3. The number of fused-ring (bicyclic) bond motifs is 4. The smallest absolute Gasteiger partial charge is 0.407 e. The van der Waals surface area contributed by atoms with Crippen LogP contribution in [0.15, 0.2) is 66.7 Å².